The van der Waals surface area contributed by atoms with Crippen molar-refractivity contribution in [1.29, 1.82) is 0 Å². The summed E-state index contributed by atoms with van der Waals surface area (Å²) in [7, 11) is 0. The van der Waals surface area contributed by atoms with Gasteiger partial charge in [0.15, 0.2) is 5.96 Å². The SMILES string of the molecule is NC(=NCCc1ccccn1)Nc1nc2ccccc2c(=O)[nH]1. The van der Waals surface area contributed by atoms with E-state index in [1.54, 1.807) is 24.4 Å². The van der Waals surface area contributed by atoms with E-state index in [1.165, 1.54) is 0 Å². The summed E-state index contributed by atoms with van der Waals surface area (Å²) in [5.74, 6) is 0.465. The second kappa shape index (κ2) is 6.69. The van der Waals surface area contributed by atoms with Gasteiger partial charge in [0.25, 0.3) is 5.56 Å². The fourth-order valence-corrected chi connectivity index (χ4v) is 2.14. The Morgan fingerprint density at radius 2 is 2.04 bits per heavy atom. The maximum Gasteiger partial charge on any atom is 0.260 e. The number of fused-ring (bicyclic) bond motifs is 1. The van der Waals surface area contributed by atoms with Crippen molar-refractivity contribution in [1.82, 2.24) is 15.0 Å². The van der Waals surface area contributed by atoms with Gasteiger partial charge in [-0.1, -0.05) is 18.2 Å². The average Bonchev–Trinajstić information content (AvgIpc) is 2.56. The van der Waals surface area contributed by atoms with E-state index in [0.717, 1.165) is 5.69 Å². The predicted octanol–water partition coefficient (Wildman–Crippen LogP) is 1.29. The number of guanidine groups is 1. The number of aromatic amines is 1. The lowest BCUT2D eigenvalue weighted by Crippen LogP contribution is -2.26. The van der Waals surface area contributed by atoms with Gasteiger partial charge in [0, 0.05) is 24.9 Å². The fraction of sp³-hybridized carbons (Fsp3) is 0.125. The first-order valence-electron chi connectivity index (χ1n) is 7.18. The van der Waals surface area contributed by atoms with Crippen LogP contribution in [0.2, 0.25) is 0 Å². The number of hydrogen-bond donors (Lipinski definition) is 3. The number of H-pyrrole nitrogens is 1. The summed E-state index contributed by atoms with van der Waals surface area (Å²) in [6, 6.07) is 12.8. The number of aromatic nitrogens is 3. The Bertz CT molecular complexity index is 888. The van der Waals surface area contributed by atoms with Crippen LogP contribution >= 0.6 is 0 Å². The quantitative estimate of drug-likeness (QED) is 0.497. The van der Waals surface area contributed by atoms with Gasteiger partial charge in [-0.15, -0.1) is 0 Å². The summed E-state index contributed by atoms with van der Waals surface area (Å²) in [5.41, 5.74) is 7.14. The van der Waals surface area contributed by atoms with E-state index in [0.29, 0.717) is 23.9 Å². The standard InChI is InChI=1S/C16H16N6O/c17-15(19-10-8-11-5-3-4-9-18-11)22-16-20-13-7-2-1-6-12(13)14(23)21-16/h1-7,9H,8,10H2,(H4,17,19,20,21,22,23). The van der Waals surface area contributed by atoms with Crippen LogP contribution in [0.15, 0.2) is 58.4 Å². The molecule has 0 bridgehead atoms. The van der Waals surface area contributed by atoms with Crippen LogP contribution in [0.4, 0.5) is 5.95 Å². The minimum atomic E-state index is -0.223. The number of rotatable bonds is 4. The van der Waals surface area contributed by atoms with Crippen LogP contribution in [-0.4, -0.2) is 27.5 Å². The van der Waals surface area contributed by atoms with E-state index < -0.39 is 0 Å². The van der Waals surface area contributed by atoms with Crippen molar-refractivity contribution in [3.05, 3.63) is 64.7 Å². The van der Waals surface area contributed by atoms with Crippen LogP contribution in [-0.2, 0) is 6.42 Å². The van der Waals surface area contributed by atoms with Crippen molar-refractivity contribution in [2.24, 2.45) is 10.7 Å². The van der Waals surface area contributed by atoms with E-state index in [9.17, 15) is 4.79 Å². The summed E-state index contributed by atoms with van der Waals surface area (Å²) >= 11 is 0. The molecule has 1 aromatic carbocycles. The number of hydrogen-bond acceptors (Lipinski definition) is 4. The lowest BCUT2D eigenvalue weighted by molar-refractivity contribution is 0.920. The van der Waals surface area contributed by atoms with Crippen molar-refractivity contribution >= 4 is 22.8 Å². The molecular formula is C16H16N6O. The molecule has 7 nitrogen and oxygen atoms in total. The van der Waals surface area contributed by atoms with Crippen LogP contribution in [0.1, 0.15) is 5.69 Å². The lowest BCUT2D eigenvalue weighted by Gasteiger charge is -2.05. The minimum Gasteiger partial charge on any atom is -0.370 e. The molecule has 116 valence electrons. The molecule has 0 saturated heterocycles. The maximum absolute atomic E-state index is 12.0. The van der Waals surface area contributed by atoms with Gasteiger partial charge in [-0.05, 0) is 24.3 Å². The third kappa shape index (κ3) is 3.70. The number of anilines is 1. The molecule has 0 unspecified atom stereocenters. The number of pyridine rings is 1. The summed E-state index contributed by atoms with van der Waals surface area (Å²) in [6.45, 7) is 0.494. The molecule has 0 fully saturated rings. The smallest absolute Gasteiger partial charge is 0.260 e. The Morgan fingerprint density at radius 3 is 2.87 bits per heavy atom. The number of aliphatic imine (C=N–C) groups is 1. The van der Waals surface area contributed by atoms with Crippen LogP contribution in [0.3, 0.4) is 0 Å². The van der Waals surface area contributed by atoms with Crippen molar-refractivity contribution in [2.45, 2.75) is 6.42 Å². The molecule has 3 aromatic rings. The molecule has 2 aromatic heterocycles. The van der Waals surface area contributed by atoms with Crippen molar-refractivity contribution < 1.29 is 0 Å². The topological polar surface area (TPSA) is 109 Å². The van der Waals surface area contributed by atoms with Gasteiger partial charge >= 0.3 is 0 Å². The van der Waals surface area contributed by atoms with Crippen LogP contribution < -0.4 is 16.6 Å². The highest BCUT2D eigenvalue weighted by Gasteiger charge is 2.03. The molecule has 0 radical (unpaired) electrons. The highest BCUT2D eigenvalue weighted by Crippen LogP contribution is 2.07. The van der Waals surface area contributed by atoms with E-state index in [2.05, 4.69) is 25.3 Å². The highest BCUT2D eigenvalue weighted by molar-refractivity contribution is 5.91. The van der Waals surface area contributed by atoms with Crippen molar-refractivity contribution in [3.8, 4) is 0 Å². The second-order valence-electron chi connectivity index (χ2n) is 4.89. The molecule has 0 saturated carbocycles. The monoisotopic (exact) mass is 308 g/mol. The number of para-hydroxylation sites is 1. The third-order valence-corrected chi connectivity index (χ3v) is 3.24. The molecular weight excluding hydrogens is 292 g/mol. The molecule has 0 amide bonds. The summed E-state index contributed by atoms with van der Waals surface area (Å²) < 4.78 is 0. The molecule has 0 atom stereocenters. The highest BCUT2D eigenvalue weighted by atomic mass is 16.1. The molecule has 23 heavy (non-hydrogen) atoms. The molecule has 4 N–H and O–H groups in total. The van der Waals surface area contributed by atoms with E-state index in [1.807, 2.05) is 24.3 Å². The number of benzene rings is 1. The van der Waals surface area contributed by atoms with Gasteiger partial charge in [0.05, 0.1) is 10.9 Å². The zero-order chi connectivity index (χ0) is 16.1. The second-order valence-corrected chi connectivity index (χ2v) is 4.89. The Kier molecular flexibility index (Phi) is 4.28. The Hall–Kier alpha value is -3.22. The first-order valence-corrected chi connectivity index (χ1v) is 7.18. The largest absolute Gasteiger partial charge is 0.370 e. The summed E-state index contributed by atoms with van der Waals surface area (Å²) in [6.07, 6.45) is 2.43. The molecule has 0 spiro atoms. The summed E-state index contributed by atoms with van der Waals surface area (Å²) in [4.78, 5) is 27.3. The zero-order valence-corrected chi connectivity index (χ0v) is 12.4. The third-order valence-electron chi connectivity index (χ3n) is 3.24. The van der Waals surface area contributed by atoms with E-state index >= 15 is 0 Å². The van der Waals surface area contributed by atoms with Gasteiger partial charge < -0.3 is 5.73 Å². The van der Waals surface area contributed by atoms with Crippen LogP contribution in [0, 0.1) is 0 Å². The molecule has 0 aliphatic heterocycles. The number of nitrogens with one attached hydrogen (secondary N) is 2. The lowest BCUT2D eigenvalue weighted by atomic mass is 10.2. The van der Waals surface area contributed by atoms with Gasteiger partial charge in [0.2, 0.25) is 5.95 Å². The van der Waals surface area contributed by atoms with Crippen molar-refractivity contribution in [3.63, 3.8) is 0 Å². The molecule has 2 heterocycles. The first-order chi connectivity index (χ1) is 11.2. The minimum absolute atomic E-state index is 0.194. The average molecular weight is 308 g/mol. The predicted molar refractivity (Wildman–Crippen MR) is 90.4 cm³/mol. The first kappa shape index (κ1) is 14.7. The molecule has 0 aliphatic carbocycles. The van der Waals surface area contributed by atoms with E-state index in [4.69, 9.17) is 5.73 Å². The zero-order valence-electron chi connectivity index (χ0n) is 12.4. The molecule has 0 aliphatic rings. The van der Waals surface area contributed by atoms with Crippen molar-refractivity contribution in [2.75, 3.05) is 11.9 Å². The van der Waals surface area contributed by atoms with Gasteiger partial charge in [-0.3, -0.25) is 25.1 Å². The summed E-state index contributed by atoms with van der Waals surface area (Å²) in [5, 5.41) is 3.33. The normalized spacial score (nSPS) is 11.6. The molecule has 3 rings (SSSR count). The Balaban J connectivity index is 1.69. The molecule has 7 heteroatoms. The number of nitrogens with two attached hydrogens (primary N) is 1. The Morgan fingerprint density at radius 1 is 1.22 bits per heavy atom. The van der Waals surface area contributed by atoms with Gasteiger partial charge in [0.1, 0.15) is 0 Å². The fourth-order valence-electron chi connectivity index (χ4n) is 2.14. The van der Waals surface area contributed by atoms with Crippen LogP contribution in [0.25, 0.3) is 10.9 Å². The van der Waals surface area contributed by atoms with Gasteiger partial charge in [-0.2, -0.15) is 0 Å². The maximum atomic E-state index is 12.0. The number of nitrogens with zero attached hydrogens (tertiary/aromatic N) is 3. The van der Waals surface area contributed by atoms with Gasteiger partial charge in [-0.25, -0.2) is 4.98 Å². The van der Waals surface area contributed by atoms with E-state index in [-0.39, 0.29) is 17.5 Å². The van der Waals surface area contributed by atoms with Crippen LogP contribution in [0.5, 0.6) is 0 Å². The Labute approximate surface area is 132 Å².